The highest BCUT2D eigenvalue weighted by atomic mass is 32.2. The maximum absolute atomic E-state index is 12.2. The fourth-order valence-electron chi connectivity index (χ4n) is 2.50. The van der Waals surface area contributed by atoms with Crippen molar-refractivity contribution < 1.29 is 27.7 Å². The van der Waals surface area contributed by atoms with Crippen molar-refractivity contribution in [2.75, 3.05) is 6.54 Å². The summed E-state index contributed by atoms with van der Waals surface area (Å²) >= 11 is 0. The standard InChI is InChI=1S/C15H17N3O7S/c19-10-5-6-11(13(20)9-10)17-15(21)7-8-16-26(24,25)14-4-2-1-3-12(14)18(22)23/h1-4,11,16H,5-9H2,(H,17,21). The Morgan fingerprint density at radius 1 is 1.27 bits per heavy atom. The van der Waals surface area contributed by atoms with Crippen LogP contribution in [0.25, 0.3) is 0 Å². The monoisotopic (exact) mass is 383 g/mol. The van der Waals surface area contributed by atoms with Crippen molar-refractivity contribution in [3.63, 3.8) is 0 Å². The molecule has 0 bridgehead atoms. The quantitative estimate of drug-likeness (QED) is 0.384. The van der Waals surface area contributed by atoms with E-state index in [9.17, 15) is 32.9 Å². The molecule has 1 aliphatic rings. The Balaban J connectivity index is 1.91. The minimum atomic E-state index is -4.17. The van der Waals surface area contributed by atoms with Crippen LogP contribution in [0, 0.1) is 10.1 Å². The number of sulfonamides is 1. The van der Waals surface area contributed by atoms with E-state index < -0.39 is 37.5 Å². The van der Waals surface area contributed by atoms with Gasteiger partial charge in [-0.15, -0.1) is 0 Å². The maximum atomic E-state index is 12.2. The number of para-hydroxylation sites is 1. The van der Waals surface area contributed by atoms with Crippen molar-refractivity contribution in [2.24, 2.45) is 0 Å². The summed E-state index contributed by atoms with van der Waals surface area (Å²) in [5.74, 6) is -1.09. The Bertz CT molecular complexity index is 851. The van der Waals surface area contributed by atoms with Gasteiger partial charge in [-0.05, 0) is 12.5 Å². The second kappa shape index (κ2) is 8.15. The third-order valence-corrected chi connectivity index (χ3v) is 5.31. The Hall–Kier alpha value is -2.66. The first-order valence-corrected chi connectivity index (χ1v) is 9.26. The van der Waals surface area contributed by atoms with Gasteiger partial charge in [0.25, 0.3) is 5.69 Å². The topological polar surface area (TPSA) is 153 Å². The van der Waals surface area contributed by atoms with Crippen LogP contribution in [0.15, 0.2) is 29.2 Å². The van der Waals surface area contributed by atoms with E-state index in [1.807, 2.05) is 0 Å². The molecule has 1 fully saturated rings. The summed E-state index contributed by atoms with van der Waals surface area (Å²) in [4.78, 5) is 44.2. The van der Waals surface area contributed by atoms with E-state index in [-0.39, 0.29) is 43.8 Å². The fraction of sp³-hybridized carbons (Fsp3) is 0.400. The van der Waals surface area contributed by atoms with Crippen molar-refractivity contribution in [1.82, 2.24) is 10.0 Å². The summed E-state index contributed by atoms with van der Waals surface area (Å²) < 4.78 is 26.5. The van der Waals surface area contributed by atoms with E-state index in [1.54, 1.807) is 0 Å². The first-order chi connectivity index (χ1) is 12.2. The molecule has 2 N–H and O–H groups in total. The molecular formula is C15H17N3O7S. The molecule has 1 aromatic carbocycles. The van der Waals surface area contributed by atoms with E-state index in [1.165, 1.54) is 12.1 Å². The predicted molar refractivity (Wildman–Crippen MR) is 88.7 cm³/mol. The first-order valence-electron chi connectivity index (χ1n) is 7.77. The molecule has 0 saturated heterocycles. The number of amides is 1. The van der Waals surface area contributed by atoms with E-state index in [0.29, 0.717) is 0 Å². The van der Waals surface area contributed by atoms with Crippen LogP contribution in [-0.2, 0) is 24.4 Å². The van der Waals surface area contributed by atoms with Gasteiger partial charge in [-0.25, -0.2) is 13.1 Å². The van der Waals surface area contributed by atoms with E-state index in [4.69, 9.17) is 0 Å². The average molecular weight is 383 g/mol. The zero-order chi connectivity index (χ0) is 19.3. The molecule has 0 heterocycles. The van der Waals surface area contributed by atoms with Crippen LogP contribution in [-0.4, -0.2) is 43.4 Å². The minimum absolute atomic E-state index is 0.169. The molecule has 1 saturated carbocycles. The molecule has 1 unspecified atom stereocenters. The van der Waals surface area contributed by atoms with Crippen molar-refractivity contribution in [3.05, 3.63) is 34.4 Å². The number of nitrogens with one attached hydrogen (secondary N) is 2. The SMILES string of the molecule is O=C1CCC(NC(=O)CCNS(=O)(=O)c2ccccc2[N+](=O)[O-])C(=O)C1. The van der Waals surface area contributed by atoms with Crippen LogP contribution >= 0.6 is 0 Å². The third-order valence-electron chi connectivity index (χ3n) is 3.80. The summed E-state index contributed by atoms with van der Waals surface area (Å²) in [6.45, 7) is -0.292. The van der Waals surface area contributed by atoms with Crippen LogP contribution in [0.1, 0.15) is 25.7 Å². The van der Waals surface area contributed by atoms with Gasteiger partial charge >= 0.3 is 0 Å². The number of rotatable bonds is 7. The predicted octanol–water partition coefficient (Wildman–Crippen LogP) is 0.0701. The number of carbonyl (C=O) groups is 3. The molecule has 26 heavy (non-hydrogen) atoms. The summed E-state index contributed by atoms with van der Waals surface area (Å²) in [5.41, 5.74) is -0.568. The molecule has 0 spiro atoms. The molecule has 1 aliphatic carbocycles. The van der Waals surface area contributed by atoms with Gasteiger partial charge in [-0.3, -0.25) is 24.5 Å². The molecule has 0 aliphatic heterocycles. The van der Waals surface area contributed by atoms with Crippen LogP contribution in [0.2, 0.25) is 0 Å². The van der Waals surface area contributed by atoms with Crippen LogP contribution < -0.4 is 10.0 Å². The molecule has 11 heteroatoms. The summed E-state index contributed by atoms with van der Waals surface area (Å²) in [6.07, 6.45) is -0.0286. The smallest absolute Gasteiger partial charge is 0.289 e. The minimum Gasteiger partial charge on any atom is -0.346 e. The highest BCUT2D eigenvalue weighted by molar-refractivity contribution is 7.89. The second-order valence-electron chi connectivity index (χ2n) is 5.71. The summed E-state index contributed by atoms with van der Waals surface area (Å²) in [6, 6.07) is 4.11. The number of nitro benzene ring substituents is 1. The Morgan fingerprint density at radius 2 is 1.96 bits per heavy atom. The van der Waals surface area contributed by atoms with Gasteiger partial charge in [-0.1, -0.05) is 12.1 Å². The number of carbonyl (C=O) groups excluding carboxylic acids is 3. The molecule has 1 amide bonds. The van der Waals surface area contributed by atoms with Gasteiger partial charge in [0.05, 0.1) is 17.4 Å². The van der Waals surface area contributed by atoms with Gasteiger partial charge in [0.2, 0.25) is 15.9 Å². The average Bonchev–Trinajstić information content (AvgIpc) is 2.57. The van der Waals surface area contributed by atoms with Crippen molar-refractivity contribution >= 4 is 33.2 Å². The normalized spacial score (nSPS) is 17.8. The Kier molecular flexibility index (Phi) is 6.16. The van der Waals surface area contributed by atoms with E-state index in [0.717, 1.165) is 12.1 Å². The number of hydrogen-bond donors (Lipinski definition) is 2. The van der Waals surface area contributed by atoms with Gasteiger partial charge in [0.15, 0.2) is 10.7 Å². The number of ketones is 2. The fourth-order valence-corrected chi connectivity index (χ4v) is 3.71. The second-order valence-corrected chi connectivity index (χ2v) is 7.45. The number of Topliss-reactive ketones (excluding diaryl/α,β-unsaturated/α-hetero) is 2. The lowest BCUT2D eigenvalue weighted by molar-refractivity contribution is -0.387. The zero-order valence-corrected chi connectivity index (χ0v) is 14.5. The highest BCUT2D eigenvalue weighted by Gasteiger charge is 2.28. The molecule has 1 atom stereocenters. The van der Waals surface area contributed by atoms with Gasteiger partial charge in [0.1, 0.15) is 5.78 Å². The Morgan fingerprint density at radius 3 is 2.62 bits per heavy atom. The van der Waals surface area contributed by atoms with Crippen LogP contribution in [0.5, 0.6) is 0 Å². The number of nitrogens with zero attached hydrogens (tertiary/aromatic N) is 1. The van der Waals surface area contributed by atoms with Crippen molar-refractivity contribution in [2.45, 2.75) is 36.6 Å². The van der Waals surface area contributed by atoms with Crippen molar-refractivity contribution in [3.8, 4) is 0 Å². The maximum Gasteiger partial charge on any atom is 0.289 e. The lowest BCUT2D eigenvalue weighted by atomic mass is 9.93. The lowest BCUT2D eigenvalue weighted by Gasteiger charge is -2.21. The van der Waals surface area contributed by atoms with E-state index >= 15 is 0 Å². The third kappa shape index (κ3) is 4.92. The number of benzene rings is 1. The number of nitro groups is 1. The summed E-state index contributed by atoms with van der Waals surface area (Å²) in [5, 5.41) is 13.4. The Labute approximate surface area is 149 Å². The largest absolute Gasteiger partial charge is 0.346 e. The highest BCUT2D eigenvalue weighted by Crippen LogP contribution is 2.22. The molecular weight excluding hydrogens is 366 g/mol. The van der Waals surface area contributed by atoms with Crippen molar-refractivity contribution in [1.29, 1.82) is 0 Å². The molecule has 140 valence electrons. The number of hydrogen-bond acceptors (Lipinski definition) is 7. The van der Waals surface area contributed by atoms with Crippen LogP contribution in [0.4, 0.5) is 5.69 Å². The van der Waals surface area contributed by atoms with Crippen LogP contribution in [0.3, 0.4) is 0 Å². The molecule has 0 radical (unpaired) electrons. The zero-order valence-electron chi connectivity index (χ0n) is 13.6. The molecule has 1 aromatic rings. The van der Waals surface area contributed by atoms with E-state index in [2.05, 4.69) is 10.0 Å². The van der Waals surface area contributed by atoms with Gasteiger partial charge in [-0.2, -0.15) is 0 Å². The van der Waals surface area contributed by atoms with Gasteiger partial charge < -0.3 is 5.32 Å². The first kappa shape index (κ1) is 19.7. The van der Waals surface area contributed by atoms with Gasteiger partial charge in [0, 0.05) is 25.5 Å². The molecule has 2 rings (SSSR count). The molecule has 0 aromatic heterocycles. The molecule has 10 nitrogen and oxygen atoms in total. The lowest BCUT2D eigenvalue weighted by Crippen LogP contribution is -2.45. The summed E-state index contributed by atoms with van der Waals surface area (Å²) in [7, 11) is -4.17.